The summed E-state index contributed by atoms with van der Waals surface area (Å²) >= 11 is 0.585. The molecule has 0 unspecified atom stereocenters. The number of benzene rings is 3. The normalized spacial score (nSPS) is 13.8. The van der Waals surface area contributed by atoms with Gasteiger partial charge in [-0.25, -0.2) is 0 Å². The summed E-state index contributed by atoms with van der Waals surface area (Å²) in [6.45, 7) is 1.99. The molecule has 0 radical (unpaired) electrons. The van der Waals surface area contributed by atoms with Crippen molar-refractivity contribution in [1.82, 2.24) is 4.90 Å². The molecule has 3 aromatic carbocycles. The fourth-order valence-corrected chi connectivity index (χ4v) is 4.60. The zero-order chi connectivity index (χ0) is 28.6. The number of carbonyl (C=O) groups is 3. The van der Waals surface area contributed by atoms with E-state index in [0.29, 0.717) is 29.8 Å². The molecule has 1 aliphatic heterocycles. The van der Waals surface area contributed by atoms with Crippen LogP contribution in [0.25, 0.3) is 6.08 Å². The Hall–Kier alpha value is -4.84. The lowest BCUT2D eigenvalue weighted by molar-refractivity contribution is -0.385. The smallest absolute Gasteiger partial charge is 0.294 e. The third kappa shape index (κ3) is 6.77. The summed E-state index contributed by atoms with van der Waals surface area (Å²) in [7, 11) is 1.39. The minimum absolute atomic E-state index is 0.0400. The SMILES string of the molecule is CCOc1ccc(NC(=O)CN2C(=O)S/C(=C/c3cc(OC)c(OCc4ccccc4)cc3[N+](=O)[O-])C2=O)cc1. The van der Waals surface area contributed by atoms with Gasteiger partial charge in [-0.3, -0.25) is 29.4 Å². The number of amides is 3. The van der Waals surface area contributed by atoms with E-state index in [1.165, 1.54) is 25.3 Å². The monoisotopic (exact) mass is 563 g/mol. The predicted octanol–water partition coefficient (Wildman–Crippen LogP) is 5.26. The van der Waals surface area contributed by atoms with E-state index >= 15 is 0 Å². The highest BCUT2D eigenvalue weighted by Gasteiger charge is 2.37. The van der Waals surface area contributed by atoms with Crippen LogP contribution >= 0.6 is 11.8 Å². The largest absolute Gasteiger partial charge is 0.494 e. The van der Waals surface area contributed by atoms with Crippen LogP contribution in [0.15, 0.2) is 71.6 Å². The standard InChI is InChI=1S/C28H25N3O8S/c1-3-38-21-11-9-20(10-12-21)29-26(32)16-30-27(33)25(40-28(30)34)14-19-13-23(37-2)24(15-22(19)31(35)36)39-17-18-7-5-4-6-8-18/h4-15H,3,16-17H2,1-2H3,(H,29,32)/b25-14+. The van der Waals surface area contributed by atoms with E-state index in [-0.39, 0.29) is 34.3 Å². The van der Waals surface area contributed by atoms with Crippen LogP contribution in [0.2, 0.25) is 0 Å². The Bertz CT molecular complexity index is 1460. The van der Waals surface area contributed by atoms with Gasteiger partial charge in [-0.05, 0) is 60.7 Å². The van der Waals surface area contributed by atoms with Crippen LogP contribution < -0.4 is 19.5 Å². The van der Waals surface area contributed by atoms with Gasteiger partial charge >= 0.3 is 0 Å². The molecule has 206 valence electrons. The van der Waals surface area contributed by atoms with Gasteiger partial charge in [-0.15, -0.1) is 0 Å². The summed E-state index contributed by atoms with van der Waals surface area (Å²) in [5.41, 5.74) is 1.02. The number of methoxy groups -OCH3 is 1. The zero-order valence-corrected chi connectivity index (χ0v) is 22.4. The molecule has 1 saturated heterocycles. The Morgan fingerprint density at radius 3 is 2.42 bits per heavy atom. The summed E-state index contributed by atoms with van der Waals surface area (Å²) in [6, 6.07) is 18.5. The van der Waals surface area contributed by atoms with Crippen molar-refractivity contribution in [2.24, 2.45) is 0 Å². The van der Waals surface area contributed by atoms with Crippen LogP contribution in [-0.4, -0.2) is 47.1 Å². The number of nitrogens with zero attached hydrogens (tertiary/aromatic N) is 2. The molecule has 0 spiro atoms. The second-order valence-electron chi connectivity index (χ2n) is 8.37. The van der Waals surface area contributed by atoms with Crippen LogP contribution in [-0.2, 0) is 16.2 Å². The molecule has 4 rings (SSSR count). The van der Waals surface area contributed by atoms with E-state index in [0.717, 1.165) is 10.5 Å². The van der Waals surface area contributed by atoms with Crippen LogP contribution in [0, 0.1) is 10.1 Å². The van der Waals surface area contributed by atoms with Gasteiger partial charge in [0, 0.05) is 5.69 Å². The first kappa shape index (κ1) is 28.2. The number of imide groups is 1. The predicted molar refractivity (Wildman–Crippen MR) is 149 cm³/mol. The van der Waals surface area contributed by atoms with Crippen molar-refractivity contribution in [3.8, 4) is 17.2 Å². The molecule has 3 aromatic rings. The Morgan fingerprint density at radius 2 is 1.77 bits per heavy atom. The van der Waals surface area contributed by atoms with E-state index in [9.17, 15) is 24.5 Å². The number of rotatable bonds is 11. The van der Waals surface area contributed by atoms with E-state index < -0.39 is 28.5 Å². The lowest BCUT2D eigenvalue weighted by atomic mass is 10.1. The molecule has 0 saturated carbocycles. The molecule has 0 atom stereocenters. The summed E-state index contributed by atoms with van der Waals surface area (Å²) in [5, 5.41) is 13.8. The maximum Gasteiger partial charge on any atom is 0.294 e. The average Bonchev–Trinajstić information content (AvgIpc) is 3.20. The van der Waals surface area contributed by atoms with Gasteiger partial charge < -0.3 is 19.5 Å². The zero-order valence-electron chi connectivity index (χ0n) is 21.6. The number of hydrogen-bond donors (Lipinski definition) is 1. The van der Waals surface area contributed by atoms with Crippen molar-refractivity contribution in [1.29, 1.82) is 0 Å². The van der Waals surface area contributed by atoms with E-state index in [4.69, 9.17) is 14.2 Å². The molecule has 1 aliphatic rings. The van der Waals surface area contributed by atoms with Gasteiger partial charge in [0.25, 0.3) is 16.8 Å². The van der Waals surface area contributed by atoms with Gasteiger partial charge in [0.05, 0.1) is 35.2 Å². The third-order valence-corrected chi connectivity index (χ3v) is 6.57. The van der Waals surface area contributed by atoms with Gasteiger partial charge in [0.15, 0.2) is 11.5 Å². The molecular formula is C28H25N3O8S. The van der Waals surface area contributed by atoms with E-state index in [1.54, 1.807) is 24.3 Å². The lowest BCUT2D eigenvalue weighted by Gasteiger charge is -2.13. The van der Waals surface area contributed by atoms with Gasteiger partial charge in [-0.2, -0.15) is 0 Å². The first-order valence-corrected chi connectivity index (χ1v) is 12.9. The van der Waals surface area contributed by atoms with Crippen LogP contribution in [0.5, 0.6) is 17.2 Å². The number of nitro benzene ring substituents is 1. The second kappa shape index (κ2) is 12.8. The number of nitrogens with one attached hydrogen (secondary N) is 1. The van der Waals surface area contributed by atoms with Gasteiger partial charge in [-0.1, -0.05) is 30.3 Å². The van der Waals surface area contributed by atoms with E-state index in [2.05, 4.69) is 5.32 Å². The van der Waals surface area contributed by atoms with Crippen molar-refractivity contribution in [2.45, 2.75) is 13.5 Å². The highest BCUT2D eigenvalue weighted by Crippen LogP contribution is 2.39. The molecule has 1 fully saturated rings. The fraction of sp³-hybridized carbons (Fsp3) is 0.179. The Labute approximate surface area is 233 Å². The number of thioether (sulfide) groups is 1. The van der Waals surface area contributed by atoms with Gasteiger partial charge in [0.1, 0.15) is 18.9 Å². The summed E-state index contributed by atoms with van der Waals surface area (Å²) < 4.78 is 16.5. The third-order valence-electron chi connectivity index (χ3n) is 5.66. The fourth-order valence-electron chi connectivity index (χ4n) is 3.77. The molecule has 11 nitrogen and oxygen atoms in total. The number of hydrogen-bond acceptors (Lipinski definition) is 9. The molecule has 3 amide bonds. The Balaban J connectivity index is 1.50. The van der Waals surface area contributed by atoms with Crippen LogP contribution in [0.1, 0.15) is 18.1 Å². The summed E-state index contributed by atoms with van der Waals surface area (Å²) in [5.74, 6) is -0.330. The quantitative estimate of drug-likeness (QED) is 0.188. The molecule has 0 aliphatic carbocycles. The van der Waals surface area contributed by atoms with E-state index in [1.807, 2.05) is 37.3 Å². The average molecular weight is 564 g/mol. The van der Waals surface area contributed by atoms with Crippen LogP contribution in [0.3, 0.4) is 0 Å². The number of carbonyl (C=O) groups excluding carboxylic acids is 3. The molecule has 0 aromatic heterocycles. The molecular weight excluding hydrogens is 538 g/mol. The molecule has 12 heteroatoms. The number of anilines is 1. The molecule has 40 heavy (non-hydrogen) atoms. The van der Waals surface area contributed by atoms with Crippen molar-refractivity contribution in [2.75, 3.05) is 25.6 Å². The summed E-state index contributed by atoms with van der Waals surface area (Å²) in [6.07, 6.45) is 1.23. The first-order valence-electron chi connectivity index (χ1n) is 12.1. The highest BCUT2D eigenvalue weighted by molar-refractivity contribution is 8.18. The Kier molecular flexibility index (Phi) is 9.02. The molecule has 0 bridgehead atoms. The highest BCUT2D eigenvalue weighted by atomic mass is 32.2. The Morgan fingerprint density at radius 1 is 1.05 bits per heavy atom. The number of ether oxygens (including phenoxy) is 3. The topological polar surface area (TPSA) is 137 Å². The second-order valence-corrected chi connectivity index (χ2v) is 9.36. The molecule has 1 N–H and O–H groups in total. The molecule has 1 heterocycles. The lowest BCUT2D eigenvalue weighted by Crippen LogP contribution is -2.36. The van der Waals surface area contributed by atoms with Crippen molar-refractivity contribution in [3.05, 3.63) is 92.9 Å². The first-order chi connectivity index (χ1) is 19.3. The minimum Gasteiger partial charge on any atom is -0.494 e. The summed E-state index contributed by atoms with van der Waals surface area (Å²) in [4.78, 5) is 50.0. The maximum absolute atomic E-state index is 13.0. The van der Waals surface area contributed by atoms with Crippen molar-refractivity contribution >= 4 is 46.3 Å². The maximum atomic E-state index is 13.0. The minimum atomic E-state index is -0.741. The van der Waals surface area contributed by atoms with Crippen molar-refractivity contribution < 1.29 is 33.5 Å². The van der Waals surface area contributed by atoms with Crippen molar-refractivity contribution in [3.63, 3.8) is 0 Å². The van der Waals surface area contributed by atoms with Crippen LogP contribution in [0.4, 0.5) is 16.2 Å². The van der Waals surface area contributed by atoms with Gasteiger partial charge in [0.2, 0.25) is 5.91 Å². The number of nitro groups is 1.